The van der Waals surface area contributed by atoms with Crippen LogP contribution in [0.25, 0.3) is 6.08 Å². The monoisotopic (exact) mass is 364 g/mol. The van der Waals surface area contributed by atoms with E-state index in [1.165, 1.54) is 75.7 Å². The van der Waals surface area contributed by atoms with Crippen LogP contribution in [0.5, 0.6) is 0 Å². The fourth-order valence-electron chi connectivity index (χ4n) is 2.81. The van der Waals surface area contributed by atoms with Gasteiger partial charge in [-0.2, -0.15) is 0 Å². The highest BCUT2D eigenvalue weighted by Crippen LogP contribution is 2.16. The van der Waals surface area contributed by atoms with Crippen LogP contribution in [0, 0.1) is 10.1 Å². The van der Waals surface area contributed by atoms with Gasteiger partial charge in [0.1, 0.15) is 10.7 Å². The molecule has 0 unspecified atom stereocenters. The second kappa shape index (κ2) is 13.1. The molecule has 146 valence electrons. The zero-order valence-corrected chi connectivity index (χ0v) is 16.0. The van der Waals surface area contributed by atoms with Crippen molar-refractivity contribution in [3.8, 4) is 0 Å². The van der Waals surface area contributed by atoms with Crippen molar-refractivity contribution in [1.29, 1.82) is 0 Å². The first-order valence-corrected chi connectivity index (χ1v) is 9.75. The Morgan fingerprint density at radius 3 is 2.35 bits per heavy atom. The summed E-state index contributed by atoms with van der Waals surface area (Å²) in [6.45, 7) is 4.23. The summed E-state index contributed by atoms with van der Waals surface area (Å²) in [6.07, 6.45) is 15.3. The Hall–Kier alpha value is -2.11. The van der Waals surface area contributed by atoms with Crippen LogP contribution in [0.1, 0.15) is 83.8 Å². The summed E-state index contributed by atoms with van der Waals surface area (Å²) >= 11 is 0. The molecule has 0 aliphatic heterocycles. The van der Waals surface area contributed by atoms with Crippen LogP contribution >= 0.6 is 0 Å². The fourth-order valence-corrected chi connectivity index (χ4v) is 2.81. The van der Waals surface area contributed by atoms with Gasteiger partial charge in [-0.1, -0.05) is 64.7 Å². The Labute approximate surface area is 156 Å². The number of nitrogens with one attached hydrogen (secondary N) is 1. The van der Waals surface area contributed by atoms with Gasteiger partial charge < -0.3 is 9.73 Å². The van der Waals surface area contributed by atoms with Gasteiger partial charge in [0.2, 0.25) is 5.91 Å². The van der Waals surface area contributed by atoms with E-state index in [1.807, 2.05) is 6.92 Å². The fraction of sp³-hybridized carbons (Fsp3) is 0.650. The molecule has 0 radical (unpaired) electrons. The highest BCUT2D eigenvalue weighted by molar-refractivity contribution is 5.91. The highest BCUT2D eigenvalue weighted by atomic mass is 16.6. The molecule has 1 aromatic rings. The van der Waals surface area contributed by atoms with Crippen LogP contribution in [0.4, 0.5) is 5.88 Å². The second-order valence-corrected chi connectivity index (χ2v) is 6.79. The van der Waals surface area contributed by atoms with Gasteiger partial charge in [-0.25, -0.2) is 0 Å². The molecule has 0 fully saturated rings. The number of hydrogen-bond acceptors (Lipinski definition) is 4. The number of furan rings is 1. The molecule has 1 rings (SSSR count). The first kappa shape index (κ1) is 21.9. The van der Waals surface area contributed by atoms with E-state index >= 15 is 0 Å². The van der Waals surface area contributed by atoms with Crippen LogP contribution in [0.15, 0.2) is 22.6 Å². The molecule has 0 aliphatic rings. The zero-order valence-electron chi connectivity index (χ0n) is 16.0. The van der Waals surface area contributed by atoms with Crippen molar-refractivity contribution >= 4 is 17.9 Å². The van der Waals surface area contributed by atoms with Crippen LogP contribution in [0.2, 0.25) is 0 Å². The first-order chi connectivity index (χ1) is 12.5. The van der Waals surface area contributed by atoms with Gasteiger partial charge >= 0.3 is 5.88 Å². The third-order valence-electron chi connectivity index (χ3n) is 4.32. The Morgan fingerprint density at radius 2 is 1.77 bits per heavy atom. The summed E-state index contributed by atoms with van der Waals surface area (Å²) in [6, 6.07) is 2.85. The number of unbranched alkanes of at least 4 members (excludes halogenated alkanes) is 8. The van der Waals surface area contributed by atoms with Crippen molar-refractivity contribution in [2.75, 3.05) is 0 Å². The van der Waals surface area contributed by atoms with E-state index in [0.717, 1.165) is 12.8 Å². The molecule has 0 bridgehead atoms. The number of nitro groups is 1. The number of amides is 1. The van der Waals surface area contributed by atoms with Crippen LogP contribution in [0.3, 0.4) is 0 Å². The predicted molar refractivity (Wildman–Crippen MR) is 104 cm³/mol. The van der Waals surface area contributed by atoms with Crippen molar-refractivity contribution in [3.63, 3.8) is 0 Å². The molecule has 0 spiro atoms. The molecule has 0 saturated heterocycles. The lowest BCUT2D eigenvalue weighted by atomic mass is 10.0. The lowest BCUT2D eigenvalue weighted by Gasteiger charge is -2.12. The molecule has 0 aliphatic carbocycles. The number of carbonyl (C=O) groups is 1. The molecule has 1 heterocycles. The van der Waals surface area contributed by atoms with Crippen molar-refractivity contribution in [3.05, 3.63) is 34.1 Å². The third kappa shape index (κ3) is 10.0. The Morgan fingerprint density at radius 1 is 1.15 bits per heavy atom. The van der Waals surface area contributed by atoms with Gasteiger partial charge in [0.25, 0.3) is 0 Å². The van der Waals surface area contributed by atoms with E-state index in [2.05, 4.69) is 12.2 Å². The molecule has 6 heteroatoms. The zero-order chi connectivity index (χ0) is 19.2. The molecule has 1 aromatic heterocycles. The summed E-state index contributed by atoms with van der Waals surface area (Å²) in [7, 11) is 0. The number of hydrogen-bond donors (Lipinski definition) is 1. The van der Waals surface area contributed by atoms with Crippen molar-refractivity contribution in [2.24, 2.45) is 0 Å². The third-order valence-corrected chi connectivity index (χ3v) is 4.32. The number of carbonyl (C=O) groups excluding carboxylic acids is 1. The largest absolute Gasteiger partial charge is 0.433 e. The van der Waals surface area contributed by atoms with E-state index < -0.39 is 4.92 Å². The van der Waals surface area contributed by atoms with E-state index in [9.17, 15) is 14.9 Å². The average molecular weight is 364 g/mol. The van der Waals surface area contributed by atoms with Gasteiger partial charge in [0, 0.05) is 12.1 Å². The van der Waals surface area contributed by atoms with Crippen LogP contribution in [-0.4, -0.2) is 16.9 Å². The van der Waals surface area contributed by atoms with Gasteiger partial charge in [-0.3, -0.25) is 14.9 Å². The molecule has 6 nitrogen and oxygen atoms in total. The topological polar surface area (TPSA) is 85.4 Å². The van der Waals surface area contributed by atoms with E-state index in [4.69, 9.17) is 4.42 Å². The molecule has 0 saturated carbocycles. The molecular formula is C20H32N2O4. The quantitative estimate of drug-likeness (QED) is 0.201. The lowest BCUT2D eigenvalue weighted by Crippen LogP contribution is -2.30. The molecule has 1 amide bonds. The molecule has 26 heavy (non-hydrogen) atoms. The average Bonchev–Trinajstić information content (AvgIpc) is 3.08. The maximum Gasteiger partial charge on any atom is 0.433 e. The van der Waals surface area contributed by atoms with E-state index in [-0.39, 0.29) is 17.8 Å². The maximum atomic E-state index is 11.9. The second-order valence-electron chi connectivity index (χ2n) is 6.79. The summed E-state index contributed by atoms with van der Waals surface area (Å²) in [4.78, 5) is 21.8. The predicted octanol–water partition coefficient (Wildman–Crippen LogP) is 5.63. The van der Waals surface area contributed by atoms with E-state index in [1.54, 1.807) is 0 Å². The summed E-state index contributed by atoms with van der Waals surface area (Å²) in [5, 5.41) is 13.4. The SMILES string of the molecule is CCCCCCCCCCC[C@H](C)NC(=O)/C=C/c1ccc([N+](=O)[O-])o1. The Kier molecular flexibility index (Phi) is 11.1. The molecule has 1 atom stereocenters. The van der Waals surface area contributed by atoms with Crippen molar-refractivity contribution < 1.29 is 14.1 Å². The molecule has 0 aromatic carbocycles. The standard InChI is InChI=1S/C20H32N2O4/c1-3-4-5-6-7-8-9-10-11-12-17(2)21-19(23)15-13-18-14-16-20(26-18)22(24)25/h13-17H,3-12H2,1-2H3,(H,21,23)/b15-13+/t17-/m0/s1. The highest BCUT2D eigenvalue weighted by Gasteiger charge is 2.10. The van der Waals surface area contributed by atoms with Crippen molar-refractivity contribution in [2.45, 2.75) is 84.1 Å². The Balaban J connectivity index is 2.10. The van der Waals surface area contributed by atoms with Gasteiger partial charge in [0.05, 0.1) is 6.07 Å². The maximum absolute atomic E-state index is 11.9. The minimum atomic E-state index is -0.606. The minimum Gasteiger partial charge on any atom is -0.401 e. The normalized spacial score (nSPS) is 12.4. The lowest BCUT2D eigenvalue weighted by molar-refractivity contribution is -0.402. The van der Waals surface area contributed by atoms with Gasteiger partial charge in [0.15, 0.2) is 0 Å². The van der Waals surface area contributed by atoms with Crippen molar-refractivity contribution in [1.82, 2.24) is 5.32 Å². The Bertz CT molecular complexity index is 566. The molecular weight excluding hydrogens is 332 g/mol. The van der Waals surface area contributed by atoms with Gasteiger partial charge in [-0.15, -0.1) is 0 Å². The van der Waals surface area contributed by atoms with Crippen LogP contribution in [-0.2, 0) is 4.79 Å². The summed E-state index contributed by atoms with van der Waals surface area (Å²) in [5.74, 6) is -0.255. The minimum absolute atomic E-state index is 0.114. The van der Waals surface area contributed by atoms with Gasteiger partial charge in [-0.05, 0) is 25.5 Å². The smallest absolute Gasteiger partial charge is 0.401 e. The van der Waals surface area contributed by atoms with E-state index in [0.29, 0.717) is 5.76 Å². The first-order valence-electron chi connectivity index (χ1n) is 9.75. The summed E-state index contributed by atoms with van der Waals surface area (Å²) in [5.41, 5.74) is 0. The number of nitrogens with zero attached hydrogens (tertiary/aromatic N) is 1. The summed E-state index contributed by atoms with van der Waals surface area (Å²) < 4.78 is 4.97. The number of rotatable bonds is 14. The van der Waals surface area contributed by atoms with Crippen LogP contribution < -0.4 is 5.32 Å². The molecule has 1 N–H and O–H groups in total.